The number of rotatable bonds is 6. The van der Waals surface area contributed by atoms with Gasteiger partial charge in [-0.05, 0) is 33.7 Å². The number of sulfone groups is 1. The first-order valence-electron chi connectivity index (χ1n) is 7.01. The summed E-state index contributed by atoms with van der Waals surface area (Å²) in [6.45, 7) is 6.67. The van der Waals surface area contributed by atoms with Gasteiger partial charge in [0, 0.05) is 35.8 Å². The van der Waals surface area contributed by atoms with Gasteiger partial charge in [-0.15, -0.1) is 0 Å². The van der Waals surface area contributed by atoms with Crippen molar-refractivity contribution in [2.75, 3.05) is 18.6 Å². The zero-order valence-electron chi connectivity index (χ0n) is 12.9. The van der Waals surface area contributed by atoms with Gasteiger partial charge in [-0.3, -0.25) is 0 Å². The van der Waals surface area contributed by atoms with Crippen molar-refractivity contribution in [3.05, 3.63) is 29.2 Å². The summed E-state index contributed by atoms with van der Waals surface area (Å²) in [6.07, 6.45) is 3.73. The van der Waals surface area contributed by atoms with Gasteiger partial charge in [0.25, 0.3) is 0 Å². The second-order valence-corrected chi connectivity index (χ2v) is 7.77. The van der Waals surface area contributed by atoms with Crippen LogP contribution in [-0.2, 0) is 9.84 Å². The van der Waals surface area contributed by atoms with E-state index < -0.39 is 9.84 Å². The lowest BCUT2D eigenvalue weighted by atomic mass is 10.1. The third-order valence-corrected chi connectivity index (χ3v) is 4.52. The highest BCUT2D eigenvalue weighted by Crippen LogP contribution is 2.17. The molecule has 116 valence electrons. The average molecular weight is 310 g/mol. The summed E-state index contributed by atoms with van der Waals surface area (Å²) in [5.41, 5.74) is 3.91. The lowest BCUT2D eigenvalue weighted by Crippen LogP contribution is -2.23. The molecule has 0 radical (unpaired) electrons. The number of aryl methyl sites for hydroxylation is 2. The third kappa shape index (κ3) is 4.01. The molecular formula is C14H22N4O2S. The molecule has 0 aliphatic rings. The molecule has 7 heteroatoms. The zero-order valence-corrected chi connectivity index (χ0v) is 13.7. The molecule has 2 aromatic rings. The molecule has 0 spiro atoms. The molecule has 6 nitrogen and oxygen atoms in total. The van der Waals surface area contributed by atoms with Crippen LogP contribution in [0.1, 0.15) is 36.3 Å². The Bertz CT molecular complexity index is 737. The van der Waals surface area contributed by atoms with Gasteiger partial charge >= 0.3 is 0 Å². The van der Waals surface area contributed by atoms with Gasteiger partial charge in [-0.1, -0.05) is 0 Å². The summed E-state index contributed by atoms with van der Waals surface area (Å²) in [5, 5.41) is 7.77. The van der Waals surface area contributed by atoms with Gasteiger partial charge in [0.15, 0.2) is 5.65 Å². The summed E-state index contributed by atoms with van der Waals surface area (Å²) in [5.74, 6) is 0.210. The first-order valence-corrected chi connectivity index (χ1v) is 9.07. The van der Waals surface area contributed by atoms with Crippen molar-refractivity contribution in [2.24, 2.45) is 0 Å². The van der Waals surface area contributed by atoms with Gasteiger partial charge < -0.3 is 5.32 Å². The van der Waals surface area contributed by atoms with Gasteiger partial charge in [0.2, 0.25) is 0 Å². The predicted octanol–water partition coefficient (Wildman–Crippen LogP) is 1.43. The number of fused-ring (bicyclic) bond motifs is 1. The minimum absolute atomic E-state index is 0.103. The Morgan fingerprint density at radius 2 is 2.10 bits per heavy atom. The van der Waals surface area contributed by atoms with Gasteiger partial charge in [0.1, 0.15) is 9.84 Å². The fraction of sp³-hybridized carbons (Fsp3) is 0.571. The number of nitrogens with zero attached hydrogens (tertiary/aromatic N) is 3. The van der Waals surface area contributed by atoms with Crippen LogP contribution >= 0.6 is 0 Å². The van der Waals surface area contributed by atoms with Crippen molar-refractivity contribution in [3.63, 3.8) is 0 Å². The maximum absolute atomic E-state index is 11.1. The largest absolute Gasteiger partial charge is 0.310 e. The summed E-state index contributed by atoms with van der Waals surface area (Å²) >= 11 is 0. The number of nitrogens with one attached hydrogen (secondary N) is 1. The second kappa shape index (κ2) is 6.11. The highest BCUT2D eigenvalue weighted by molar-refractivity contribution is 7.90. The van der Waals surface area contributed by atoms with E-state index in [1.54, 1.807) is 0 Å². The van der Waals surface area contributed by atoms with E-state index >= 15 is 0 Å². The molecule has 2 aromatic heterocycles. The Labute approximate surface area is 125 Å². The van der Waals surface area contributed by atoms with Crippen molar-refractivity contribution in [2.45, 2.75) is 33.2 Å². The quantitative estimate of drug-likeness (QED) is 0.817. The highest BCUT2D eigenvalue weighted by atomic mass is 32.2. The van der Waals surface area contributed by atoms with E-state index in [0.717, 1.165) is 22.6 Å². The summed E-state index contributed by atoms with van der Waals surface area (Å²) in [7, 11) is -2.89. The molecule has 1 unspecified atom stereocenters. The van der Waals surface area contributed by atoms with Crippen molar-refractivity contribution >= 4 is 15.5 Å². The first kappa shape index (κ1) is 15.9. The standard InChI is InChI=1S/C14H22N4O2S/c1-10-8-14-16-9-13(12(3)18(14)17-10)11(2)15-6-5-7-21(4,19)20/h8-9,11,15H,5-7H2,1-4H3. The van der Waals surface area contributed by atoms with Gasteiger partial charge in [0.05, 0.1) is 11.4 Å². The van der Waals surface area contributed by atoms with Crippen molar-refractivity contribution in [1.29, 1.82) is 0 Å². The number of aromatic nitrogens is 3. The predicted molar refractivity (Wildman–Crippen MR) is 83.2 cm³/mol. The highest BCUT2D eigenvalue weighted by Gasteiger charge is 2.13. The van der Waals surface area contributed by atoms with E-state index in [1.807, 2.05) is 37.5 Å². The van der Waals surface area contributed by atoms with Crippen molar-refractivity contribution in [1.82, 2.24) is 19.9 Å². The SMILES string of the molecule is Cc1cc2ncc(C(C)NCCCS(C)(=O)=O)c(C)n2n1. The lowest BCUT2D eigenvalue weighted by molar-refractivity contribution is 0.555. The van der Waals surface area contributed by atoms with E-state index in [2.05, 4.69) is 15.4 Å². The molecule has 0 aliphatic heterocycles. The summed E-state index contributed by atoms with van der Waals surface area (Å²) < 4.78 is 24.0. The van der Waals surface area contributed by atoms with E-state index in [9.17, 15) is 8.42 Å². The fourth-order valence-electron chi connectivity index (χ4n) is 2.36. The Balaban J connectivity index is 2.05. The molecular weight excluding hydrogens is 288 g/mol. The van der Waals surface area contributed by atoms with Crippen LogP contribution in [0.15, 0.2) is 12.3 Å². The molecule has 2 rings (SSSR count). The van der Waals surface area contributed by atoms with Crippen LogP contribution in [0.4, 0.5) is 0 Å². The van der Waals surface area contributed by atoms with Crippen LogP contribution in [0, 0.1) is 13.8 Å². The topological polar surface area (TPSA) is 76.4 Å². The van der Waals surface area contributed by atoms with E-state index in [0.29, 0.717) is 13.0 Å². The molecule has 1 atom stereocenters. The first-order chi connectivity index (χ1) is 9.78. The zero-order chi connectivity index (χ0) is 15.6. The Morgan fingerprint density at radius 1 is 1.38 bits per heavy atom. The second-order valence-electron chi connectivity index (χ2n) is 5.51. The molecule has 0 aliphatic carbocycles. The van der Waals surface area contributed by atoms with Crippen LogP contribution in [0.5, 0.6) is 0 Å². The monoisotopic (exact) mass is 310 g/mol. The van der Waals surface area contributed by atoms with Crippen molar-refractivity contribution < 1.29 is 8.42 Å². The van der Waals surface area contributed by atoms with Crippen LogP contribution in [0.2, 0.25) is 0 Å². The Morgan fingerprint density at radius 3 is 2.76 bits per heavy atom. The Hall–Kier alpha value is -1.47. The van der Waals surface area contributed by atoms with Crippen LogP contribution in [0.3, 0.4) is 0 Å². The molecule has 21 heavy (non-hydrogen) atoms. The van der Waals surface area contributed by atoms with E-state index in [-0.39, 0.29) is 11.8 Å². The molecule has 0 saturated heterocycles. The minimum Gasteiger partial charge on any atom is -0.310 e. The summed E-state index contributed by atoms with van der Waals surface area (Å²) in [6, 6.07) is 2.05. The Kier molecular flexibility index (Phi) is 4.63. The molecule has 2 heterocycles. The molecule has 0 saturated carbocycles. The molecule has 0 fully saturated rings. The number of hydrogen-bond donors (Lipinski definition) is 1. The number of hydrogen-bond acceptors (Lipinski definition) is 5. The van der Waals surface area contributed by atoms with Crippen LogP contribution in [0.25, 0.3) is 5.65 Å². The maximum atomic E-state index is 11.1. The third-order valence-electron chi connectivity index (χ3n) is 3.49. The minimum atomic E-state index is -2.89. The smallest absolute Gasteiger partial charge is 0.155 e. The molecule has 0 bridgehead atoms. The van der Waals surface area contributed by atoms with Crippen molar-refractivity contribution in [3.8, 4) is 0 Å². The fourth-order valence-corrected chi connectivity index (χ4v) is 3.03. The molecule has 0 amide bonds. The van der Waals surface area contributed by atoms with E-state index in [1.165, 1.54) is 6.26 Å². The molecule has 1 N–H and O–H groups in total. The van der Waals surface area contributed by atoms with Gasteiger partial charge in [-0.2, -0.15) is 5.10 Å². The summed E-state index contributed by atoms with van der Waals surface area (Å²) in [4.78, 5) is 4.42. The normalized spacial score (nSPS) is 13.7. The molecule has 0 aromatic carbocycles. The van der Waals surface area contributed by atoms with Crippen LogP contribution in [-0.4, -0.2) is 41.6 Å². The van der Waals surface area contributed by atoms with E-state index in [4.69, 9.17) is 0 Å². The van der Waals surface area contributed by atoms with Crippen LogP contribution < -0.4 is 5.32 Å². The maximum Gasteiger partial charge on any atom is 0.155 e. The average Bonchev–Trinajstić information content (AvgIpc) is 2.75. The lowest BCUT2D eigenvalue weighted by Gasteiger charge is -2.16. The van der Waals surface area contributed by atoms with Gasteiger partial charge in [-0.25, -0.2) is 17.9 Å².